The number of methoxy groups -OCH3 is 1. The third-order valence-corrected chi connectivity index (χ3v) is 7.31. The molecule has 3 aromatic rings. The molecular weight excluding hydrogens is 454 g/mol. The minimum absolute atomic E-state index is 0.00147. The van der Waals surface area contributed by atoms with Crippen LogP contribution in [0.1, 0.15) is 60.9 Å². The largest absolute Gasteiger partial charge is 0.496 e. The summed E-state index contributed by atoms with van der Waals surface area (Å²) in [4.78, 5) is 28.8. The second-order valence-electron chi connectivity index (χ2n) is 9.64. The number of piperidine rings is 1. The summed E-state index contributed by atoms with van der Waals surface area (Å²) in [5, 5.41) is 11.8. The number of para-hydroxylation sites is 1. The Morgan fingerprint density at radius 1 is 1.06 bits per heavy atom. The maximum atomic E-state index is 13.7. The van der Waals surface area contributed by atoms with Gasteiger partial charge in [0.25, 0.3) is 0 Å². The molecule has 188 valence electrons. The number of nitrogens with zero attached hydrogens (tertiary/aromatic N) is 4. The number of fused-ring (bicyclic) bond motifs is 1. The molecule has 0 radical (unpaired) electrons. The molecule has 2 aliphatic heterocycles. The summed E-state index contributed by atoms with van der Waals surface area (Å²) in [7, 11) is 1.62. The van der Waals surface area contributed by atoms with Crippen LogP contribution in [0.25, 0.3) is 0 Å². The van der Waals surface area contributed by atoms with E-state index < -0.39 is 12.0 Å². The highest BCUT2D eigenvalue weighted by molar-refractivity contribution is 5.97. The molecule has 2 atom stereocenters. The standard InChI is InChI=1S/C28H33N5O3/c1-19-11-13-20(14-12-19)33-26(34)16-15-22(27(33)21-8-5-6-9-23(21)36-2)28(35)29-18-25-31-30-24-10-4-3-7-17-32(24)25/h5-6,8-9,11-14,22,27H,3-4,7,10,15-18H2,1-2H3,(H,29,35). The smallest absolute Gasteiger partial charge is 0.227 e. The van der Waals surface area contributed by atoms with Gasteiger partial charge >= 0.3 is 0 Å². The monoisotopic (exact) mass is 487 g/mol. The highest BCUT2D eigenvalue weighted by Gasteiger charge is 2.42. The topological polar surface area (TPSA) is 89.3 Å². The lowest BCUT2D eigenvalue weighted by molar-refractivity contribution is -0.129. The number of ether oxygens (including phenoxy) is 1. The average molecular weight is 488 g/mol. The van der Waals surface area contributed by atoms with E-state index >= 15 is 0 Å². The van der Waals surface area contributed by atoms with Crippen LogP contribution in [0.3, 0.4) is 0 Å². The van der Waals surface area contributed by atoms with Crippen molar-refractivity contribution in [2.75, 3.05) is 12.0 Å². The van der Waals surface area contributed by atoms with Crippen LogP contribution >= 0.6 is 0 Å². The number of carbonyl (C=O) groups is 2. The number of carbonyl (C=O) groups excluding carboxylic acids is 2. The van der Waals surface area contributed by atoms with Gasteiger partial charge in [-0.15, -0.1) is 10.2 Å². The van der Waals surface area contributed by atoms with Crippen molar-refractivity contribution < 1.29 is 14.3 Å². The number of aryl methyl sites for hydroxylation is 2. The molecule has 1 aromatic heterocycles. The van der Waals surface area contributed by atoms with Crippen molar-refractivity contribution in [3.05, 3.63) is 71.3 Å². The van der Waals surface area contributed by atoms with Crippen LogP contribution in [0.5, 0.6) is 5.75 Å². The van der Waals surface area contributed by atoms with Gasteiger partial charge in [-0.05, 0) is 44.4 Å². The summed E-state index contributed by atoms with van der Waals surface area (Å²) in [5.41, 5.74) is 2.71. The molecule has 0 spiro atoms. The molecule has 3 heterocycles. The van der Waals surface area contributed by atoms with Crippen LogP contribution in [-0.2, 0) is 29.1 Å². The summed E-state index contributed by atoms with van der Waals surface area (Å²) in [5.74, 6) is 1.92. The number of anilines is 1. The third kappa shape index (κ3) is 4.72. The Morgan fingerprint density at radius 2 is 1.86 bits per heavy atom. The van der Waals surface area contributed by atoms with Crippen LogP contribution in [0.2, 0.25) is 0 Å². The molecule has 36 heavy (non-hydrogen) atoms. The first-order chi connectivity index (χ1) is 17.6. The fourth-order valence-electron chi connectivity index (χ4n) is 5.42. The van der Waals surface area contributed by atoms with Crippen LogP contribution < -0.4 is 15.0 Å². The SMILES string of the molecule is COc1ccccc1C1C(C(=O)NCc2nnc3n2CCCCC3)CCC(=O)N1c1ccc(C)cc1. The third-order valence-electron chi connectivity index (χ3n) is 7.31. The van der Waals surface area contributed by atoms with Gasteiger partial charge in [0, 0.05) is 30.6 Å². The van der Waals surface area contributed by atoms with Crippen molar-refractivity contribution in [3.63, 3.8) is 0 Å². The lowest BCUT2D eigenvalue weighted by Crippen LogP contribution is -2.48. The van der Waals surface area contributed by atoms with E-state index in [-0.39, 0.29) is 11.8 Å². The molecule has 2 aliphatic rings. The van der Waals surface area contributed by atoms with Gasteiger partial charge < -0.3 is 19.5 Å². The molecule has 2 unspecified atom stereocenters. The molecule has 8 heteroatoms. The second-order valence-corrected chi connectivity index (χ2v) is 9.64. The maximum absolute atomic E-state index is 13.7. The Hall–Kier alpha value is -3.68. The number of aromatic nitrogens is 3. The minimum atomic E-state index is -0.486. The Labute approximate surface area is 211 Å². The predicted molar refractivity (Wildman–Crippen MR) is 137 cm³/mol. The van der Waals surface area contributed by atoms with Gasteiger partial charge in [-0.3, -0.25) is 9.59 Å². The van der Waals surface area contributed by atoms with E-state index in [0.29, 0.717) is 25.1 Å². The lowest BCUT2D eigenvalue weighted by atomic mass is 9.82. The lowest BCUT2D eigenvalue weighted by Gasteiger charge is -2.41. The zero-order valence-corrected chi connectivity index (χ0v) is 20.9. The van der Waals surface area contributed by atoms with E-state index in [1.54, 1.807) is 12.0 Å². The molecular formula is C28H33N5O3. The molecule has 1 saturated heterocycles. The molecule has 2 aromatic carbocycles. The van der Waals surface area contributed by atoms with Gasteiger partial charge in [0.05, 0.1) is 25.6 Å². The highest BCUT2D eigenvalue weighted by atomic mass is 16.5. The molecule has 0 bridgehead atoms. The van der Waals surface area contributed by atoms with E-state index in [2.05, 4.69) is 20.1 Å². The fraction of sp³-hybridized carbons (Fsp3) is 0.429. The normalized spacial score (nSPS) is 19.9. The van der Waals surface area contributed by atoms with Gasteiger partial charge in [-0.25, -0.2) is 0 Å². The zero-order valence-electron chi connectivity index (χ0n) is 20.9. The van der Waals surface area contributed by atoms with Crippen molar-refractivity contribution in [3.8, 4) is 5.75 Å². The molecule has 1 N–H and O–H groups in total. The molecule has 2 amide bonds. The van der Waals surface area contributed by atoms with E-state index in [1.807, 2.05) is 55.5 Å². The number of rotatable bonds is 6. The van der Waals surface area contributed by atoms with Crippen LogP contribution in [-0.4, -0.2) is 33.7 Å². The Kier molecular flexibility index (Phi) is 7.02. The van der Waals surface area contributed by atoms with E-state index in [0.717, 1.165) is 54.3 Å². The molecule has 5 rings (SSSR count). The molecule has 1 fully saturated rings. The predicted octanol–water partition coefficient (Wildman–Crippen LogP) is 4.12. The number of hydrogen-bond acceptors (Lipinski definition) is 5. The highest BCUT2D eigenvalue weighted by Crippen LogP contribution is 2.43. The van der Waals surface area contributed by atoms with E-state index in [4.69, 9.17) is 4.74 Å². The first kappa shape index (κ1) is 24.0. The van der Waals surface area contributed by atoms with Crippen LogP contribution in [0, 0.1) is 12.8 Å². The summed E-state index contributed by atoms with van der Waals surface area (Å²) in [6.45, 7) is 3.22. The van der Waals surface area contributed by atoms with Gasteiger partial charge in [-0.2, -0.15) is 0 Å². The van der Waals surface area contributed by atoms with Crippen molar-refractivity contribution in [1.29, 1.82) is 0 Å². The quantitative estimate of drug-likeness (QED) is 0.565. The maximum Gasteiger partial charge on any atom is 0.227 e. The van der Waals surface area contributed by atoms with Crippen molar-refractivity contribution in [1.82, 2.24) is 20.1 Å². The first-order valence-electron chi connectivity index (χ1n) is 12.8. The summed E-state index contributed by atoms with van der Waals surface area (Å²) in [6, 6.07) is 15.0. The van der Waals surface area contributed by atoms with Gasteiger partial charge in [-0.1, -0.05) is 42.3 Å². The van der Waals surface area contributed by atoms with Gasteiger partial charge in [0.1, 0.15) is 11.6 Å². The van der Waals surface area contributed by atoms with Crippen molar-refractivity contribution >= 4 is 17.5 Å². The van der Waals surface area contributed by atoms with E-state index in [1.165, 1.54) is 6.42 Å². The van der Waals surface area contributed by atoms with Gasteiger partial charge in [0.2, 0.25) is 11.8 Å². The number of amides is 2. The zero-order chi connectivity index (χ0) is 25.1. The van der Waals surface area contributed by atoms with Crippen molar-refractivity contribution in [2.45, 2.75) is 64.6 Å². The van der Waals surface area contributed by atoms with Crippen LogP contribution in [0.15, 0.2) is 48.5 Å². The molecule has 0 saturated carbocycles. The van der Waals surface area contributed by atoms with Crippen LogP contribution in [0.4, 0.5) is 5.69 Å². The Morgan fingerprint density at radius 3 is 2.67 bits per heavy atom. The average Bonchev–Trinajstić information content (AvgIpc) is 3.13. The molecule has 0 aliphatic carbocycles. The first-order valence-corrected chi connectivity index (χ1v) is 12.8. The Balaban J connectivity index is 1.46. The number of hydrogen-bond donors (Lipinski definition) is 1. The summed E-state index contributed by atoms with van der Waals surface area (Å²) < 4.78 is 7.81. The van der Waals surface area contributed by atoms with E-state index in [9.17, 15) is 9.59 Å². The Bertz CT molecular complexity index is 1240. The fourth-order valence-corrected chi connectivity index (χ4v) is 5.42. The number of benzene rings is 2. The minimum Gasteiger partial charge on any atom is -0.496 e. The summed E-state index contributed by atoms with van der Waals surface area (Å²) in [6.07, 6.45) is 5.09. The van der Waals surface area contributed by atoms with Gasteiger partial charge in [0.15, 0.2) is 5.82 Å². The van der Waals surface area contributed by atoms with Crippen molar-refractivity contribution in [2.24, 2.45) is 5.92 Å². The second kappa shape index (κ2) is 10.5. The summed E-state index contributed by atoms with van der Waals surface area (Å²) >= 11 is 0. The molecule has 8 nitrogen and oxygen atoms in total. The number of nitrogens with one attached hydrogen (secondary N) is 1.